The maximum absolute atomic E-state index is 9.35. The van der Waals surface area contributed by atoms with E-state index in [-0.39, 0.29) is 30.6 Å². The van der Waals surface area contributed by atoms with Crippen molar-refractivity contribution >= 4 is 35.6 Å². The molecule has 2 N–H and O–H groups in total. The quantitative estimate of drug-likeness (QED) is 0.298. The van der Waals surface area contributed by atoms with E-state index in [4.69, 9.17) is 9.73 Å². The van der Waals surface area contributed by atoms with Crippen LogP contribution in [-0.4, -0.2) is 69.0 Å². The van der Waals surface area contributed by atoms with Crippen molar-refractivity contribution in [1.29, 1.82) is 0 Å². The molecule has 0 spiro atoms. The molecule has 0 saturated carbocycles. The van der Waals surface area contributed by atoms with Crippen molar-refractivity contribution in [1.82, 2.24) is 10.2 Å². The summed E-state index contributed by atoms with van der Waals surface area (Å²) in [6, 6.07) is 8.26. The lowest BCUT2D eigenvalue weighted by atomic mass is 9.94. The highest BCUT2D eigenvalue weighted by Gasteiger charge is 2.20. The minimum absolute atomic E-state index is 0. The van der Waals surface area contributed by atoms with E-state index in [1.165, 1.54) is 5.69 Å². The maximum atomic E-state index is 9.35. The van der Waals surface area contributed by atoms with Gasteiger partial charge in [-0.05, 0) is 43.7 Å². The van der Waals surface area contributed by atoms with Gasteiger partial charge in [0.15, 0.2) is 5.96 Å². The zero-order chi connectivity index (χ0) is 20.4. The van der Waals surface area contributed by atoms with E-state index in [2.05, 4.69) is 48.0 Å². The van der Waals surface area contributed by atoms with Gasteiger partial charge in [-0.15, -0.1) is 24.0 Å². The number of hydrogen-bond donors (Lipinski definition) is 2. The zero-order valence-corrected chi connectivity index (χ0v) is 20.8. The number of halogens is 1. The molecule has 1 aliphatic heterocycles. The third kappa shape index (κ3) is 8.58. The molecule has 7 heteroatoms. The fraction of sp³-hybridized carbons (Fsp3) is 0.682. The van der Waals surface area contributed by atoms with Crippen molar-refractivity contribution in [2.45, 2.75) is 33.6 Å². The third-order valence-electron chi connectivity index (χ3n) is 5.17. The summed E-state index contributed by atoms with van der Waals surface area (Å²) >= 11 is 0. The smallest absolute Gasteiger partial charge is 0.194 e. The molecule has 1 aromatic carbocycles. The second-order valence-electron chi connectivity index (χ2n) is 7.88. The molecule has 1 unspecified atom stereocenters. The van der Waals surface area contributed by atoms with Crippen LogP contribution in [0.3, 0.4) is 0 Å². The summed E-state index contributed by atoms with van der Waals surface area (Å²) < 4.78 is 5.35. The largest absolute Gasteiger partial charge is 0.497 e. The van der Waals surface area contributed by atoms with E-state index in [0.717, 1.165) is 63.8 Å². The summed E-state index contributed by atoms with van der Waals surface area (Å²) in [7, 11) is 1.71. The van der Waals surface area contributed by atoms with Crippen LogP contribution in [0.15, 0.2) is 29.3 Å². The Bertz CT molecular complexity index is 604. The van der Waals surface area contributed by atoms with E-state index in [1.54, 1.807) is 7.11 Å². The normalized spacial score (nSPS) is 15.9. The van der Waals surface area contributed by atoms with E-state index < -0.39 is 0 Å². The molecule has 29 heavy (non-hydrogen) atoms. The number of aliphatic imine (C=N–C) groups is 1. The lowest BCUT2D eigenvalue weighted by molar-refractivity contribution is 0.245. The van der Waals surface area contributed by atoms with Crippen LogP contribution in [0.2, 0.25) is 0 Å². The number of aliphatic hydroxyl groups is 1. The monoisotopic (exact) mass is 518 g/mol. The van der Waals surface area contributed by atoms with Crippen LogP contribution < -0.4 is 15.0 Å². The minimum Gasteiger partial charge on any atom is -0.497 e. The second kappa shape index (κ2) is 13.9. The number of hydrogen-bond acceptors (Lipinski definition) is 4. The summed E-state index contributed by atoms with van der Waals surface area (Å²) in [5.41, 5.74) is 1.21. The fourth-order valence-electron chi connectivity index (χ4n) is 3.76. The molecule has 1 aliphatic rings. The standard InChI is InChI=1S/C22H38N4O2.HI/c1-5-23-22(24-17-19(9-14-27)15-18(2)3)26-12-10-25(11-13-26)20-7-6-8-21(16-20)28-4;/h6-8,16,18-19,27H,5,9-15,17H2,1-4H3,(H,23,24);1H. The van der Waals surface area contributed by atoms with Crippen LogP contribution in [0.5, 0.6) is 5.75 Å². The average molecular weight is 518 g/mol. The van der Waals surface area contributed by atoms with Gasteiger partial charge in [-0.1, -0.05) is 19.9 Å². The van der Waals surface area contributed by atoms with Crippen molar-refractivity contribution in [3.05, 3.63) is 24.3 Å². The number of ether oxygens (including phenoxy) is 1. The predicted octanol–water partition coefficient (Wildman–Crippen LogP) is 3.45. The molecule has 2 rings (SSSR count). The molecule has 1 aromatic rings. The lowest BCUT2D eigenvalue weighted by Crippen LogP contribution is -2.52. The third-order valence-corrected chi connectivity index (χ3v) is 5.17. The number of nitrogens with zero attached hydrogens (tertiary/aromatic N) is 3. The van der Waals surface area contributed by atoms with Crippen molar-refractivity contribution in [3.8, 4) is 5.75 Å². The Labute approximate surface area is 193 Å². The van der Waals surface area contributed by atoms with Gasteiger partial charge in [0.25, 0.3) is 0 Å². The summed E-state index contributed by atoms with van der Waals surface area (Å²) in [5, 5.41) is 12.8. The highest BCUT2D eigenvalue weighted by atomic mass is 127. The highest BCUT2D eigenvalue weighted by molar-refractivity contribution is 14.0. The Morgan fingerprint density at radius 3 is 2.55 bits per heavy atom. The number of rotatable bonds is 9. The lowest BCUT2D eigenvalue weighted by Gasteiger charge is -2.38. The predicted molar refractivity (Wildman–Crippen MR) is 133 cm³/mol. The summed E-state index contributed by atoms with van der Waals surface area (Å²) in [5.74, 6) is 2.96. The number of piperazine rings is 1. The molecule has 0 radical (unpaired) electrons. The van der Waals surface area contributed by atoms with Crippen LogP contribution in [0.25, 0.3) is 0 Å². The number of nitrogens with one attached hydrogen (secondary N) is 1. The van der Waals surface area contributed by atoms with Crippen molar-refractivity contribution < 1.29 is 9.84 Å². The van der Waals surface area contributed by atoms with Gasteiger partial charge in [0.1, 0.15) is 5.75 Å². The number of aliphatic hydroxyl groups excluding tert-OH is 1. The maximum Gasteiger partial charge on any atom is 0.194 e. The Hall–Kier alpha value is -1.22. The first-order valence-corrected chi connectivity index (χ1v) is 10.6. The average Bonchev–Trinajstić information content (AvgIpc) is 2.71. The SMILES string of the molecule is CCNC(=NCC(CCO)CC(C)C)N1CCN(c2cccc(OC)c2)CC1.I. The molecule has 1 heterocycles. The fourth-order valence-corrected chi connectivity index (χ4v) is 3.76. The Kier molecular flexibility index (Phi) is 12.4. The number of guanidine groups is 1. The van der Waals surface area contributed by atoms with Gasteiger partial charge in [-0.3, -0.25) is 4.99 Å². The first-order chi connectivity index (χ1) is 13.6. The Morgan fingerprint density at radius 1 is 1.24 bits per heavy atom. The molecule has 0 aliphatic carbocycles. The molecule has 0 aromatic heterocycles. The van der Waals surface area contributed by atoms with Gasteiger partial charge in [-0.2, -0.15) is 0 Å². The minimum atomic E-state index is 0. The van der Waals surface area contributed by atoms with Gasteiger partial charge in [0, 0.05) is 57.6 Å². The van der Waals surface area contributed by atoms with Crippen LogP contribution in [0.4, 0.5) is 5.69 Å². The van der Waals surface area contributed by atoms with Crippen molar-refractivity contribution in [2.24, 2.45) is 16.8 Å². The van der Waals surface area contributed by atoms with Crippen LogP contribution in [-0.2, 0) is 0 Å². The summed E-state index contributed by atoms with van der Waals surface area (Å²) in [6.45, 7) is 12.3. The topological polar surface area (TPSA) is 60.3 Å². The molecular formula is C22H39IN4O2. The van der Waals surface area contributed by atoms with Crippen LogP contribution in [0.1, 0.15) is 33.6 Å². The van der Waals surface area contributed by atoms with Gasteiger partial charge in [0.2, 0.25) is 0 Å². The van der Waals surface area contributed by atoms with Gasteiger partial charge in [-0.25, -0.2) is 0 Å². The highest BCUT2D eigenvalue weighted by Crippen LogP contribution is 2.22. The van der Waals surface area contributed by atoms with Crippen LogP contribution in [0, 0.1) is 11.8 Å². The zero-order valence-electron chi connectivity index (χ0n) is 18.4. The molecule has 1 fully saturated rings. The first kappa shape index (κ1) is 25.8. The van der Waals surface area contributed by atoms with E-state index >= 15 is 0 Å². The molecule has 1 saturated heterocycles. The molecule has 0 bridgehead atoms. The summed E-state index contributed by atoms with van der Waals surface area (Å²) in [4.78, 5) is 9.67. The molecule has 6 nitrogen and oxygen atoms in total. The molecule has 0 amide bonds. The van der Waals surface area contributed by atoms with E-state index in [9.17, 15) is 5.11 Å². The van der Waals surface area contributed by atoms with Crippen molar-refractivity contribution in [3.63, 3.8) is 0 Å². The first-order valence-electron chi connectivity index (χ1n) is 10.6. The molecule has 166 valence electrons. The summed E-state index contributed by atoms with van der Waals surface area (Å²) in [6.07, 6.45) is 1.93. The number of benzene rings is 1. The van der Waals surface area contributed by atoms with Gasteiger partial charge in [0.05, 0.1) is 7.11 Å². The number of methoxy groups -OCH3 is 1. The Balaban J connectivity index is 0.00000420. The van der Waals surface area contributed by atoms with Crippen LogP contribution >= 0.6 is 24.0 Å². The number of anilines is 1. The van der Waals surface area contributed by atoms with Gasteiger partial charge < -0.3 is 25.0 Å². The second-order valence-corrected chi connectivity index (χ2v) is 7.88. The van der Waals surface area contributed by atoms with E-state index in [0.29, 0.717) is 11.8 Å². The van der Waals surface area contributed by atoms with Gasteiger partial charge >= 0.3 is 0 Å². The molecule has 1 atom stereocenters. The van der Waals surface area contributed by atoms with Crippen molar-refractivity contribution in [2.75, 3.05) is 57.9 Å². The molecular weight excluding hydrogens is 479 g/mol. The van der Waals surface area contributed by atoms with E-state index in [1.807, 2.05) is 12.1 Å². The Morgan fingerprint density at radius 2 is 1.97 bits per heavy atom.